The van der Waals surface area contributed by atoms with E-state index in [-0.39, 0.29) is 17.3 Å². The second-order valence-electron chi connectivity index (χ2n) is 5.43. The number of rotatable bonds is 6. The highest BCUT2D eigenvalue weighted by molar-refractivity contribution is 5.58. The molecule has 4 nitrogen and oxygen atoms in total. The molecule has 1 aromatic carbocycles. The van der Waals surface area contributed by atoms with Crippen LogP contribution in [0.4, 0.5) is 13.2 Å². The molecule has 0 saturated heterocycles. The zero-order chi connectivity index (χ0) is 17.0. The molecule has 1 heterocycles. The molecule has 2 rings (SSSR count). The highest BCUT2D eigenvalue weighted by atomic mass is 19.4. The monoisotopic (exact) mass is 328 g/mol. The lowest BCUT2D eigenvalue weighted by atomic mass is 9.99. The van der Waals surface area contributed by atoms with Crippen LogP contribution in [0.2, 0.25) is 0 Å². The summed E-state index contributed by atoms with van der Waals surface area (Å²) in [7, 11) is 0. The van der Waals surface area contributed by atoms with Crippen molar-refractivity contribution in [2.24, 2.45) is 0 Å². The summed E-state index contributed by atoms with van der Waals surface area (Å²) < 4.78 is 43.8. The Morgan fingerprint density at radius 3 is 2.61 bits per heavy atom. The summed E-state index contributed by atoms with van der Waals surface area (Å²) in [6.45, 7) is 4.09. The maximum atomic E-state index is 12.8. The lowest BCUT2D eigenvalue weighted by Gasteiger charge is -2.09. The number of hydrogen-bond acceptors (Lipinski definition) is 4. The number of nitrogens with zero attached hydrogens (tertiary/aromatic N) is 2. The van der Waals surface area contributed by atoms with Crippen molar-refractivity contribution < 1.29 is 22.8 Å². The molecule has 0 aliphatic carbocycles. The van der Waals surface area contributed by atoms with Gasteiger partial charge in [0.15, 0.2) is 0 Å². The molecule has 0 bridgehead atoms. The molecule has 0 amide bonds. The van der Waals surface area contributed by atoms with E-state index in [1.165, 1.54) is 6.07 Å². The van der Waals surface area contributed by atoms with Crippen molar-refractivity contribution in [3.05, 3.63) is 29.7 Å². The van der Waals surface area contributed by atoms with Crippen LogP contribution in [-0.4, -0.2) is 15.2 Å². The number of phenols is 1. The number of phenolic OH excluding ortho intramolecular Hbond substituents is 1. The lowest BCUT2D eigenvalue weighted by Crippen LogP contribution is -2.05. The summed E-state index contributed by atoms with van der Waals surface area (Å²) in [6.07, 6.45) is -0.846. The van der Waals surface area contributed by atoms with Gasteiger partial charge in [0.2, 0.25) is 11.7 Å². The van der Waals surface area contributed by atoms with Crippen LogP contribution in [0.15, 0.2) is 22.7 Å². The van der Waals surface area contributed by atoms with Gasteiger partial charge in [-0.3, -0.25) is 0 Å². The van der Waals surface area contributed by atoms with Crippen LogP contribution in [0.25, 0.3) is 11.4 Å². The van der Waals surface area contributed by atoms with Crippen LogP contribution in [-0.2, 0) is 6.18 Å². The van der Waals surface area contributed by atoms with Gasteiger partial charge >= 0.3 is 6.18 Å². The van der Waals surface area contributed by atoms with Crippen LogP contribution in [0.3, 0.4) is 0 Å². The van der Waals surface area contributed by atoms with Crippen molar-refractivity contribution in [2.45, 2.75) is 51.6 Å². The number of hydrogen-bond donors (Lipinski definition) is 1. The topological polar surface area (TPSA) is 59.2 Å². The Bertz CT molecular complexity index is 653. The molecule has 1 aromatic heterocycles. The molecule has 1 N–H and O–H groups in total. The molecule has 0 fully saturated rings. The largest absolute Gasteiger partial charge is 0.507 e. The smallest absolute Gasteiger partial charge is 0.419 e. The summed E-state index contributed by atoms with van der Waals surface area (Å²) >= 11 is 0. The SMILES string of the molecule is CCCC[C@H](CC)c1nc(-c2ccc(O)c(C(F)(F)F)c2)no1. The Morgan fingerprint density at radius 1 is 1.26 bits per heavy atom. The van der Waals surface area contributed by atoms with Crippen LogP contribution >= 0.6 is 0 Å². The molecule has 126 valence electrons. The summed E-state index contributed by atoms with van der Waals surface area (Å²) in [5, 5.41) is 13.1. The summed E-state index contributed by atoms with van der Waals surface area (Å²) in [4.78, 5) is 4.23. The molecular weight excluding hydrogens is 309 g/mol. The normalized spacial score (nSPS) is 13.3. The first-order valence-electron chi connectivity index (χ1n) is 7.61. The zero-order valence-electron chi connectivity index (χ0n) is 13.0. The van der Waals surface area contributed by atoms with Crippen molar-refractivity contribution in [1.29, 1.82) is 0 Å². The van der Waals surface area contributed by atoms with Crippen LogP contribution in [0.5, 0.6) is 5.75 Å². The number of alkyl halides is 3. The highest BCUT2D eigenvalue weighted by Crippen LogP contribution is 2.38. The Labute approximate surface area is 132 Å². The minimum absolute atomic E-state index is 0.0976. The zero-order valence-corrected chi connectivity index (χ0v) is 13.0. The van der Waals surface area contributed by atoms with Crippen LogP contribution < -0.4 is 0 Å². The first-order valence-corrected chi connectivity index (χ1v) is 7.61. The van der Waals surface area contributed by atoms with Gasteiger partial charge in [0, 0.05) is 11.5 Å². The second kappa shape index (κ2) is 7.02. The maximum absolute atomic E-state index is 12.8. The standard InChI is InChI=1S/C16H19F3N2O2/c1-3-5-6-10(4-2)15-20-14(21-23-15)11-7-8-13(22)12(9-11)16(17,18)19/h7-10,22H,3-6H2,1-2H3/t10-/m0/s1. The summed E-state index contributed by atoms with van der Waals surface area (Å²) in [6, 6.07) is 3.16. The van der Waals surface area contributed by atoms with Crippen molar-refractivity contribution in [3.8, 4) is 17.1 Å². The molecule has 2 aromatic rings. The van der Waals surface area contributed by atoms with Gasteiger partial charge in [-0.15, -0.1) is 0 Å². The molecule has 0 aliphatic heterocycles. The molecular formula is C16H19F3N2O2. The van der Waals surface area contributed by atoms with Gasteiger partial charge in [-0.2, -0.15) is 18.2 Å². The van der Waals surface area contributed by atoms with Crippen molar-refractivity contribution in [2.75, 3.05) is 0 Å². The van der Waals surface area contributed by atoms with Crippen molar-refractivity contribution in [1.82, 2.24) is 10.1 Å². The maximum Gasteiger partial charge on any atom is 0.419 e. The van der Waals surface area contributed by atoms with E-state index in [1.807, 2.05) is 6.92 Å². The van der Waals surface area contributed by atoms with E-state index in [0.29, 0.717) is 5.89 Å². The van der Waals surface area contributed by atoms with Gasteiger partial charge in [-0.25, -0.2) is 0 Å². The Morgan fingerprint density at radius 2 is 2.00 bits per heavy atom. The summed E-state index contributed by atoms with van der Waals surface area (Å²) in [5.74, 6) is -0.173. The van der Waals surface area contributed by atoms with E-state index in [4.69, 9.17) is 4.52 Å². The third-order valence-corrected chi connectivity index (χ3v) is 3.75. The second-order valence-corrected chi connectivity index (χ2v) is 5.43. The van der Waals surface area contributed by atoms with Gasteiger partial charge in [0.25, 0.3) is 0 Å². The highest BCUT2D eigenvalue weighted by Gasteiger charge is 2.34. The van der Waals surface area contributed by atoms with Gasteiger partial charge < -0.3 is 9.63 Å². The van der Waals surface area contributed by atoms with Crippen molar-refractivity contribution >= 4 is 0 Å². The van der Waals surface area contributed by atoms with E-state index in [1.54, 1.807) is 0 Å². The van der Waals surface area contributed by atoms with Gasteiger partial charge in [-0.05, 0) is 31.0 Å². The number of unbranched alkanes of at least 4 members (excludes halogenated alkanes) is 1. The fourth-order valence-electron chi connectivity index (χ4n) is 2.37. The van der Waals surface area contributed by atoms with Gasteiger partial charge in [0.05, 0.1) is 5.56 Å². The predicted molar refractivity (Wildman–Crippen MR) is 79.0 cm³/mol. The molecule has 7 heteroatoms. The fraction of sp³-hybridized carbons (Fsp3) is 0.500. The van der Waals surface area contributed by atoms with Crippen LogP contribution in [0, 0.1) is 0 Å². The van der Waals surface area contributed by atoms with Gasteiger partial charge in [0.1, 0.15) is 5.75 Å². The molecule has 0 spiro atoms. The molecule has 23 heavy (non-hydrogen) atoms. The van der Waals surface area contributed by atoms with Crippen LogP contribution in [0.1, 0.15) is 56.9 Å². The molecule has 0 unspecified atom stereocenters. The average Bonchev–Trinajstić information content (AvgIpc) is 2.97. The minimum atomic E-state index is -4.64. The quantitative estimate of drug-likeness (QED) is 0.797. The third kappa shape index (κ3) is 4.03. The molecule has 0 saturated carbocycles. The van der Waals surface area contributed by atoms with E-state index in [9.17, 15) is 18.3 Å². The molecule has 0 aliphatic rings. The Hall–Kier alpha value is -2.05. The van der Waals surface area contributed by atoms with E-state index in [2.05, 4.69) is 17.1 Å². The van der Waals surface area contributed by atoms with Crippen molar-refractivity contribution in [3.63, 3.8) is 0 Å². The van der Waals surface area contributed by atoms with E-state index < -0.39 is 17.5 Å². The number of halogens is 3. The Balaban J connectivity index is 2.30. The first-order chi connectivity index (χ1) is 10.9. The third-order valence-electron chi connectivity index (χ3n) is 3.75. The predicted octanol–water partition coefficient (Wildman–Crippen LogP) is 5.14. The van der Waals surface area contributed by atoms with Gasteiger partial charge in [-0.1, -0.05) is 31.8 Å². The molecule has 0 radical (unpaired) electrons. The molecule has 1 atom stereocenters. The van der Waals surface area contributed by atoms with E-state index >= 15 is 0 Å². The Kier molecular flexibility index (Phi) is 5.28. The number of aromatic hydroxyl groups is 1. The lowest BCUT2D eigenvalue weighted by molar-refractivity contribution is -0.138. The first kappa shape index (κ1) is 17.3. The fourth-order valence-corrected chi connectivity index (χ4v) is 2.37. The number of benzene rings is 1. The average molecular weight is 328 g/mol. The number of aromatic nitrogens is 2. The minimum Gasteiger partial charge on any atom is -0.507 e. The van der Waals surface area contributed by atoms with E-state index in [0.717, 1.165) is 37.8 Å². The summed E-state index contributed by atoms with van der Waals surface area (Å²) in [5.41, 5.74) is -0.949.